The topological polar surface area (TPSA) is 51.0 Å². The lowest BCUT2D eigenvalue weighted by molar-refractivity contribution is 0.112. The minimum atomic E-state index is 0.585. The standard InChI is InChI=1S/C17H18N4O/c1-12-15-9-14(11-22)16(18-17(15)21(3)19-12)20(2)10-13-7-5-4-6-8-13/h4-9,11H,10H2,1-3H3. The number of rotatable bonds is 4. The molecule has 2 heterocycles. The Balaban J connectivity index is 2.05. The third-order valence-corrected chi connectivity index (χ3v) is 3.76. The Bertz CT molecular complexity index is 824. The molecule has 0 spiro atoms. The quantitative estimate of drug-likeness (QED) is 0.694. The number of pyridine rings is 1. The van der Waals surface area contributed by atoms with Crippen LogP contribution in [0.5, 0.6) is 0 Å². The first-order valence-corrected chi connectivity index (χ1v) is 7.14. The summed E-state index contributed by atoms with van der Waals surface area (Å²) in [4.78, 5) is 18.1. The van der Waals surface area contributed by atoms with Crippen molar-refractivity contribution in [3.63, 3.8) is 0 Å². The van der Waals surface area contributed by atoms with Crippen LogP contribution in [0.25, 0.3) is 11.0 Å². The van der Waals surface area contributed by atoms with Crippen LogP contribution in [-0.2, 0) is 13.6 Å². The Hall–Kier alpha value is -2.69. The number of benzene rings is 1. The lowest BCUT2D eigenvalue weighted by Gasteiger charge is -2.20. The molecule has 0 fully saturated rings. The van der Waals surface area contributed by atoms with Crippen molar-refractivity contribution in [1.29, 1.82) is 0 Å². The van der Waals surface area contributed by atoms with Crippen molar-refractivity contribution < 1.29 is 4.79 Å². The van der Waals surface area contributed by atoms with E-state index in [0.29, 0.717) is 17.9 Å². The molecular weight excluding hydrogens is 276 g/mol. The summed E-state index contributed by atoms with van der Waals surface area (Å²) in [7, 11) is 3.81. The summed E-state index contributed by atoms with van der Waals surface area (Å²) < 4.78 is 1.75. The van der Waals surface area contributed by atoms with E-state index in [9.17, 15) is 4.79 Å². The van der Waals surface area contributed by atoms with Crippen molar-refractivity contribution in [2.75, 3.05) is 11.9 Å². The summed E-state index contributed by atoms with van der Waals surface area (Å²) in [6, 6.07) is 12.0. The van der Waals surface area contributed by atoms with Gasteiger partial charge in [-0.15, -0.1) is 0 Å². The first-order valence-electron chi connectivity index (χ1n) is 7.14. The molecule has 1 aromatic carbocycles. The minimum Gasteiger partial charge on any atom is -0.355 e. The third kappa shape index (κ3) is 2.45. The second-order valence-corrected chi connectivity index (χ2v) is 5.44. The average molecular weight is 294 g/mol. The number of carbonyl (C=O) groups excluding carboxylic acids is 1. The van der Waals surface area contributed by atoms with Gasteiger partial charge in [0, 0.05) is 26.0 Å². The van der Waals surface area contributed by atoms with Gasteiger partial charge in [-0.25, -0.2) is 4.98 Å². The van der Waals surface area contributed by atoms with Gasteiger partial charge in [0.2, 0.25) is 0 Å². The number of carbonyl (C=O) groups is 1. The number of aldehydes is 1. The van der Waals surface area contributed by atoms with Crippen LogP contribution in [0.4, 0.5) is 5.82 Å². The predicted molar refractivity (Wildman–Crippen MR) is 87.2 cm³/mol. The van der Waals surface area contributed by atoms with Crippen molar-refractivity contribution in [1.82, 2.24) is 14.8 Å². The third-order valence-electron chi connectivity index (χ3n) is 3.76. The molecule has 3 aromatic rings. The van der Waals surface area contributed by atoms with Crippen LogP contribution in [0.1, 0.15) is 21.6 Å². The van der Waals surface area contributed by atoms with Crippen LogP contribution in [0.2, 0.25) is 0 Å². The summed E-state index contributed by atoms with van der Waals surface area (Å²) in [5.74, 6) is 0.675. The first kappa shape index (κ1) is 14.3. The molecule has 0 saturated carbocycles. The van der Waals surface area contributed by atoms with Gasteiger partial charge in [-0.3, -0.25) is 9.48 Å². The molecule has 0 N–H and O–H groups in total. The second-order valence-electron chi connectivity index (χ2n) is 5.44. The highest BCUT2D eigenvalue weighted by atomic mass is 16.1. The smallest absolute Gasteiger partial charge is 0.160 e. The van der Waals surface area contributed by atoms with Crippen molar-refractivity contribution >= 4 is 23.1 Å². The van der Waals surface area contributed by atoms with E-state index >= 15 is 0 Å². The largest absolute Gasteiger partial charge is 0.355 e. The number of aromatic nitrogens is 3. The molecule has 0 amide bonds. The zero-order valence-electron chi connectivity index (χ0n) is 12.9. The number of hydrogen-bond donors (Lipinski definition) is 0. The van der Waals surface area contributed by atoms with Crippen LogP contribution in [0.15, 0.2) is 36.4 Å². The summed E-state index contributed by atoms with van der Waals surface area (Å²) in [5.41, 5.74) is 3.43. The molecule has 0 aliphatic rings. The second kappa shape index (κ2) is 5.60. The molecule has 0 aliphatic carbocycles. The number of aryl methyl sites for hydroxylation is 2. The molecule has 0 unspecified atom stereocenters. The molecule has 3 rings (SSSR count). The zero-order chi connectivity index (χ0) is 15.7. The van der Waals surface area contributed by atoms with Crippen molar-refractivity contribution in [2.24, 2.45) is 7.05 Å². The van der Waals surface area contributed by atoms with Gasteiger partial charge in [0.1, 0.15) is 5.82 Å². The maximum absolute atomic E-state index is 11.5. The number of fused-ring (bicyclic) bond motifs is 1. The van der Waals surface area contributed by atoms with E-state index in [2.05, 4.69) is 22.2 Å². The van der Waals surface area contributed by atoms with E-state index in [1.54, 1.807) is 4.68 Å². The van der Waals surface area contributed by atoms with Crippen molar-refractivity contribution in [2.45, 2.75) is 13.5 Å². The first-order chi connectivity index (χ1) is 10.6. The van der Waals surface area contributed by atoms with E-state index in [1.165, 1.54) is 5.56 Å². The lowest BCUT2D eigenvalue weighted by Crippen LogP contribution is -2.19. The Labute approximate surface area is 129 Å². The fourth-order valence-electron chi connectivity index (χ4n) is 2.67. The number of hydrogen-bond acceptors (Lipinski definition) is 4. The van der Waals surface area contributed by atoms with Gasteiger partial charge in [0.05, 0.1) is 11.3 Å². The summed E-state index contributed by atoms with van der Waals surface area (Å²) >= 11 is 0. The highest BCUT2D eigenvalue weighted by molar-refractivity contribution is 5.91. The molecule has 22 heavy (non-hydrogen) atoms. The van der Waals surface area contributed by atoms with Gasteiger partial charge in [-0.05, 0) is 18.6 Å². The van der Waals surface area contributed by atoms with Crippen LogP contribution in [0.3, 0.4) is 0 Å². The van der Waals surface area contributed by atoms with Gasteiger partial charge in [0.15, 0.2) is 11.9 Å². The SMILES string of the molecule is Cc1nn(C)c2nc(N(C)Cc3ccccc3)c(C=O)cc12. The summed E-state index contributed by atoms with van der Waals surface area (Å²) in [6.07, 6.45) is 0.857. The molecule has 5 nitrogen and oxygen atoms in total. The normalized spacial score (nSPS) is 10.9. The van der Waals surface area contributed by atoms with E-state index in [4.69, 9.17) is 0 Å². The number of nitrogens with zero attached hydrogens (tertiary/aromatic N) is 4. The molecule has 0 radical (unpaired) electrons. The Morgan fingerprint density at radius 3 is 2.68 bits per heavy atom. The highest BCUT2D eigenvalue weighted by Gasteiger charge is 2.15. The Morgan fingerprint density at radius 1 is 1.27 bits per heavy atom. The van der Waals surface area contributed by atoms with Gasteiger partial charge in [-0.1, -0.05) is 30.3 Å². The summed E-state index contributed by atoms with van der Waals surface area (Å²) in [6.45, 7) is 2.61. The maximum atomic E-state index is 11.5. The fraction of sp³-hybridized carbons (Fsp3) is 0.235. The van der Waals surface area contributed by atoms with E-state index < -0.39 is 0 Å². The lowest BCUT2D eigenvalue weighted by atomic mass is 10.1. The Morgan fingerprint density at radius 2 is 2.00 bits per heavy atom. The fourth-order valence-corrected chi connectivity index (χ4v) is 2.67. The van der Waals surface area contributed by atoms with Crippen LogP contribution >= 0.6 is 0 Å². The van der Waals surface area contributed by atoms with Gasteiger partial charge < -0.3 is 4.90 Å². The van der Waals surface area contributed by atoms with E-state index in [-0.39, 0.29) is 0 Å². The predicted octanol–water partition coefficient (Wildman–Crippen LogP) is 2.73. The van der Waals surface area contributed by atoms with Gasteiger partial charge in [-0.2, -0.15) is 5.10 Å². The molecule has 0 saturated heterocycles. The monoisotopic (exact) mass is 294 g/mol. The van der Waals surface area contributed by atoms with Crippen LogP contribution in [0, 0.1) is 6.92 Å². The van der Waals surface area contributed by atoms with Crippen LogP contribution < -0.4 is 4.90 Å². The zero-order valence-corrected chi connectivity index (χ0v) is 12.9. The average Bonchev–Trinajstić information content (AvgIpc) is 2.81. The number of anilines is 1. The molecule has 0 atom stereocenters. The molecule has 5 heteroatoms. The van der Waals surface area contributed by atoms with Crippen molar-refractivity contribution in [3.05, 3.63) is 53.2 Å². The van der Waals surface area contributed by atoms with Gasteiger partial charge in [0.25, 0.3) is 0 Å². The molecular formula is C17H18N4O. The molecule has 2 aromatic heterocycles. The van der Waals surface area contributed by atoms with Crippen molar-refractivity contribution in [3.8, 4) is 0 Å². The highest BCUT2D eigenvalue weighted by Crippen LogP contribution is 2.24. The van der Waals surface area contributed by atoms with Gasteiger partial charge >= 0.3 is 0 Å². The van der Waals surface area contributed by atoms with E-state index in [0.717, 1.165) is 23.0 Å². The summed E-state index contributed by atoms with van der Waals surface area (Å²) in [5, 5.41) is 5.29. The van der Waals surface area contributed by atoms with E-state index in [1.807, 2.05) is 50.2 Å². The van der Waals surface area contributed by atoms with Crippen LogP contribution in [-0.4, -0.2) is 28.1 Å². The Kier molecular flexibility index (Phi) is 3.63. The molecule has 0 aliphatic heterocycles. The molecule has 0 bridgehead atoms. The maximum Gasteiger partial charge on any atom is 0.160 e. The minimum absolute atomic E-state index is 0.585. The molecule has 112 valence electrons.